The van der Waals surface area contributed by atoms with Crippen LogP contribution in [0.15, 0.2) is 54.6 Å². The monoisotopic (exact) mass is 420 g/mol. The zero-order valence-electron chi connectivity index (χ0n) is 18.2. The molecule has 2 rings (SSSR count). The van der Waals surface area contributed by atoms with E-state index in [2.05, 4.69) is 17.2 Å². The Bertz CT molecular complexity index is 958. The first kappa shape index (κ1) is 23.7. The fraction of sp³-hybridized carbons (Fsp3) is 0.320. The molecule has 162 valence electrons. The summed E-state index contributed by atoms with van der Waals surface area (Å²) in [6, 6.07) is 15.6. The Kier molecular flexibility index (Phi) is 9.31. The van der Waals surface area contributed by atoms with E-state index in [9.17, 15) is 14.4 Å². The number of carbonyl (C=O) groups excluding carboxylic acids is 3. The van der Waals surface area contributed by atoms with E-state index in [-0.39, 0.29) is 11.8 Å². The summed E-state index contributed by atoms with van der Waals surface area (Å²) in [5, 5.41) is 2.76. The van der Waals surface area contributed by atoms with Crippen LogP contribution in [0, 0.1) is 11.8 Å². The molecule has 0 bridgehead atoms. The van der Waals surface area contributed by atoms with Crippen LogP contribution in [0.3, 0.4) is 0 Å². The first-order chi connectivity index (χ1) is 14.9. The van der Waals surface area contributed by atoms with Gasteiger partial charge in [-0.05, 0) is 30.2 Å². The minimum absolute atomic E-state index is 0.0798. The molecule has 6 nitrogen and oxygen atoms in total. The van der Waals surface area contributed by atoms with E-state index in [4.69, 9.17) is 4.74 Å². The van der Waals surface area contributed by atoms with Crippen LogP contribution in [-0.4, -0.2) is 49.9 Å². The third kappa shape index (κ3) is 7.98. The number of nitrogens with one attached hydrogen (secondary N) is 1. The number of unbranched alkanes of at least 4 members (excludes halogenated alkanes) is 1. The molecule has 2 aromatic rings. The van der Waals surface area contributed by atoms with E-state index in [0.717, 1.165) is 5.56 Å². The Morgan fingerprint density at radius 3 is 2.48 bits per heavy atom. The number of nitrogens with zero attached hydrogens (tertiary/aromatic N) is 1. The SMILES string of the molecule is COC(=O)[C@H](Cc1ccccc1)NC(=O)c1cccc(C#CCCCC(=O)N(C)C)c1. The third-order valence-electron chi connectivity index (χ3n) is 4.62. The van der Waals surface area contributed by atoms with Crippen molar-refractivity contribution in [2.45, 2.75) is 31.7 Å². The van der Waals surface area contributed by atoms with Crippen LogP contribution in [0.5, 0.6) is 0 Å². The number of benzene rings is 2. The second-order valence-electron chi connectivity index (χ2n) is 7.26. The van der Waals surface area contributed by atoms with E-state index in [1.807, 2.05) is 36.4 Å². The number of carbonyl (C=O) groups is 3. The number of esters is 1. The number of methoxy groups -OCH3 is 1. The zero-order valence-corrected chi connectivity index (χ0v) is 18.2. The lowest BCUT2D eigenvalue weighted by atomic mass is 10.0. The van der Waals surface area contributed by atoms with Crippen molar-refractivity contribution in [3.05, 3.63) is 71.3 Å². The lowest BCUT2D eigenvalue weighted by Crippen LogP contribution is -2.43. The molecule has 0 spiro atoms. The van der Waals surface area contributed by atoms with Gasteiger partial charge < -0.3 is 15.0 Å². The van der Waals surface area contributed by atoms with Crippen LogP contribution in [0.2, 0.25) is 0 Å². The quantitative estimate of drug-likeness (QED) is 0.405. The topological polar surface area (TPSA) is 75.7 Å². The maximum Gasteiger partial charge on any atom is 0.328 e. The second-order valence-corrected chi connectivity index (χ2v) is 7.26. The van der Waals surface area contributed by atoms with Crippen molar-refractivity contribution in [3.63, 3.8) is 0 Å². The molecule has 0 fully saturated rings. The molecular weight excluding hydrogens is 392 g/mol. The smallest absolute Gasteiger partial charge is 0.328 e. The Balaban J connectivity index is 2.00. The predicted octanol–water partition coefficient (Wildman–Crippen LogP) is 2.81. The first-order valence-corrected chi connectivity index (χ1v) is 10.1. The maximum atomic E-state index is 12.7. The average Bonchev–Trinajstić information content (AvgIpc) is 2.78. The average molecular weight is 421 g/mol. The normalized spacial score (nSPS) is 10.9. The molecule has 2 aromatic carbocycles. The molecule has 0 unspecified atom stereocenters. The number of hydrogen-bond acceptors (Lipinski definition) is 4. The van der Waals surface area contributed by atoms with Crippen molar-refractivity contribution in [3.8, 4) is 11.8 Å². The molecule has 0 aliphatic carbocycles. The third-order valence-corrected chi connectivity index (χ3v) is 4.62. The van der Waals surface area contributed by atoms with Gasteiger partial charge in [-0.15, -0.1) is 0 Å². The van der Waals surface area contributed by atoms with Gasteiger partial charge in [-0.25, -0.2) is 4.79 Å². The lowest BCUT2D eigenvalue weighted by Gasteiger charge is -2.16. The van der Waals surface area contributed by atoms with Crippen molar-refractivity contribution in [1.29, 1.82) is 0 Å². The van der Waals surface area contributed by atoms with Gasteiger partial charge in [-0.2, -0.15) is 0 Å². The minimum atomic E-state index is -0.788. The molecule has 0 saturated carbocycles. The molecular formula is C25H28N2O4. The fourth-order valence-corrected chi connectivity index (χ4v) is 2.88. The van der Waals surface area contributed by atoms with Crippen LogP contribution >= 0.6 is 0 Å². The van der Waals surface area contributed by atoms with Gasteiger partial charge in [-0.1, -0.05) is 48.2 Å². The Morgan fingerprint density at radius 1 is 1.06 bits per heavy atom. The second kappa shape index (κ2) is 12.2. The van der Waals surface area contributed by atoms with E-state index in [1.54, 1.807) is 37.2 Å². The predicted molar refractivity (Wildman–Crippen MR) is 119 cm³/mol. The summed E-state index contributed by atoms with van der Waals surface area (Å²) in [7, 11) is 4.76. The van der Waals surface area contributed by atoms with E-state index in [1.165, 1.54) is 7.11 Å². The van der Waals surface area contributed by atoms with Gasteiger partial charge in [0.25, 0.3) is 5.91 Å². The van der Waals surface area contributed by atoms with Crippen molar-refractivity contribution in [1.82, 2.24) is 10.2 Å². The molecule has 0 radical (unpaired) electrons. The standard InChI is InChI=1S/C25H28N2O4/c1-27(2)23(28)16-9-5-8-11-19-14-10-15-21(17-19)24(29)26-22(25(30)31-3)18-20-12-6-4-7-13-20/h4,6-7,10,12-15,17,22H,5,9,16,18H2,1-3H3,(H,26,29)/t22-/m0/s1. The molecule has 0 aliphatic rings. The molecule has 0 aromatic heterocycles. The van der Waals surface area contributed by atoms with Crippen LogP contribution in [0.25, 0.3) is 0 Å². The molecule has 1 N–H and O–H groups in total. The summed E-state index contributed by atoms with van der Waals surface area (Å²) in [5.74, 6) is 5.27. The van der Waals surface area contributed by atoms with Gasteiger partial charge >= 0.3 is 5.97 Å². The maximum absolute atomic E-state index is 12.7. The molecule has 0 heterocycles. The highest BCUT2D eigenvalue weighted by Gasteiger charge is 2.22. The molecule has 0 aliphatic heterocycles. The molecule has 1 atom stereocenters. The fourth-order valence-electron chi connectivity index (χ4n) is 2.88. The highest BCUT2D eigenvalue weighted by Crippen LogP contribution is 2.08. The van der Waals surface area contributed by atoms with E-state index < -0.39 is 12.0 Å². The Morgan fingerprint density at radius 2 is 1.81 bits per heavy atom. The van der Waals surface area contributed by atoms with E-state index >= 15 is 0 Å². The van der Waals surface area contributed by atoms with Crippen LogP contribution < -0.4 is 5.32 Å². The molecule has 31 heavy (non-hydrogen) atoms. The van der Waals surface area contributed by atoms with Crippen LogP contribution in [0.1, 0.15) is 40.7 Å². The summed E-state index contributed by atoms with van der Waals surface area (Å²) in [5.41, 5.74) is 2.03. The van der Waals surface area contributed by atoms with Gasteiger partial charge in [0.15, 0.2) is 0 Å². The summed E-state index contributed by atoms with van der Waals surface area (Å²) in [4.78, 5) is 38.0. The van der Waals surface area contributed by atoms with Gasteiger partial charge in [0.05, 0.1) is 7.11 Å². The van der Waals surface area contributed by atoms with Gasteiger partial charge in [0, 0.05) is 44.5 Å². The van der Waals surface area contributed by atoms with Gasteiger partial charge in [-0.3, -0.25) is 9.59 Å². The summed E-state index contributed by atoms with van der Waals surface area (Å²) >= 11 is 0. The highest BCUT2D eigenvalue weighted by atomic mass is 16.5. The largest absolute Gasteiger partial charge is 0.467 e. The number of rotatable bonds is 8. The lowest BCUT2D eigenvalue weighted by molar-refractivity contribution is -0.142. The van der Waals surface area contributed by atoms with Crippen molar-refractivity contribution in [2.75, 3.05) is 21.2 Å². The van der Waals surface area contributed by atoms with Crippen molar-refractivity contribution < 1.29 is 19.1 Å². The zero-order chi connectivity index (χ0) is 22.6. The summed E-state index contributed by atoms with van der Waals surface area (Å²) in [6.07, 6.45) is 2.08. The minimum Gasteiger partial charge on any atom is -0.467 e. The Hall–Kier alpha value is -3.59. The van der Waals surface area contributed by atoms with Crippen molar-refractivity contribution >= 4 is 17.8 Å². The van der Waals surface area contributed by atoms with Gasteiger partial charge in [0.1, 0.15) is 6.04 Å². The number of ether oxygens (including phenoxy) is 1. The van der Waals surface area contributed by atoms with Crippen molar-refractivity contribution in [2.24, 2.45) is 0 Å². The van der Waals surface area contributed by atoms with Gasteiger partial charge in [0.2, 0.25) is 5.91 Å². The van der Waals surface area contributed by atoms with Crippen LogP contribution in [0.4, 0.5) is 0 Å². The molecule has 2 amide bonds. The Labute approximate surface area is 183 Å². The summed E-state index contributed by atoms with van der Waals surface area (Å²) < 4.78 is 4.85. The van der Waals surface area contributed by atoms with E-state index in [0.29, 0.717) is 36.8 Å². The molecule has 6 heteroatoms. The highest BCUT2D eigenvalue weighted by molar-refractivity contribution is 5.97. The molecule has 0 saturated heterocycles. The number of hydrogen-bond donors (Lipinski definition) is 1. The number of amides is 2. The van der Waals surface area contributed by atoms with Crippen LogP contribution in [-0.2, 0) is 20.7 Å². The summed E-state index contributed by atoms with van der Waals surface area (Å²) in [6.45, 7) is 0. The first-order valence-electron chi connectivity index (χ1n) is 10.1.